The van der Waals surface area contributed by atoms with Crippen molar-refractivity contribution in [1.29, 1.82) is 0 Å². The lowest BCUT2D eigenvalue weighted by Crippen LogP contribution is -2.31. The van der Waals surface area contributed by atoms with Crippen molar-refractivity contribution >= 4 is 27.5 Å². The highest BCUT2D eigenvalue weighted by atomic mass is 79.9. The van der Waals surface area contributed by atoms with E-state index < -0.39 is 17.7 Å². The van der Waals surface area contributed by atoms with Crippen LogP contribution in [0.3, 0.4) is 0 Å². The Morgan fingerprint density at radius 1 is 1.43 bits per heavy atom. The van der Waals surface area contributed by atoms with Crippen molar-refractivity contribution in [1.82, 2.24) is 15.2 Å². The molecule has 0 fully saturated rings. The van der Waals surface area contributed by atoms with Crippen LogP contribution in [-0.4, -0.2) is 9.78 Å². The van der Waals surface area contributed by atoms with E-state index in [-0.39, 0.29) is 12.0 Å². The first-order valence-corrected chi connectivity index (χ1v) is 7.30. The second kappa shape index (κ2) is 6.39. The Kier molecular flexibility index (Phi) is 4.98. The molecule has 0 aliphatic rings. The smallest absolute Gasteiger partial charge is 0.132 e. The van der Waals surface area contributed by atoms with E-state index in [4.69, 9.17) is 17.4 Å². The molecule has 2 aromatic rings. The molecule has 1 unspecified atom stereocenters. The van der Waals surface area contributed by atoms with Crippen molar-refractivity contribution in [2.45, 2.75) is 19.4 Å². The third kappa shape index (κ3) is 3.26. The number of aromatic nitrogens is 2. The van der Waals surface area contributed by atoms with Gasteiger partial charge in [0, 0.05) is 22.6 Å². The van der Waals surface area contributed by atoms with Gasteiger partial charge in [-0.05, 0) is 25.5 Å². The lowest BCUT2D eigenvalue weighted by molar-refractivity contribution is 0.471. The molecule has 0 radical (unpaired) electrons. The maximum Gasteiger partial charge on any atom is 0.132 e. The monoisotopic (exact) mass is 378 g/mol. The first-order chi connectivity index (χ1) is 9.85. The molecule has 3 N–H and O–H groups in total. The van der Waals surface area contributed by atoms with Gasteiger partial charge in [-0.15, -0.1) is 0 Å². The lowest BCUT2D eigenvalue weighted by Gasteiger charge is -2.18. The number of nitrogens with zero attached hydrogens (tertiary/aromatic N) is 2. The Bertz CT molecular complexity index is 651. The second-order valence-electron chi connectivity index (χ2n) is 4.68. The molecule has 1 aromatic heterocycles. The van der Waals surface area contributed by atoms with E-state index in [0.29, 0.717) is 20.9 Å². The van der Waals surface area contributed by atoms with E-state index in [0.717, 1.165) is 0 Å². The van der Waals surface area contributed by atoms with Crippen molar-refractivity contribution in [2.75, 3.05) is 0 Å². The summed E-state index contributed by atoms with van der Waals surface area (Å²) < 4.78 is 29.9. The van der Waals surface area contributed by atoms with Gasteiger partial charge in [0.2, 0.25) is 0 Å². The largest absolute Gasteiger partial charge is 0.271 e. The Morgan fingerprint density at radius 2 is 2.00 bits per heavy atom. The van der Waals surface area contributed by atoms with Crippen LogP contribution in [0.4, 0.5) is 8.78 Å². The molecule has 0 bridgehead atoms. The summed E-state index contributed by atoms with van der Waals surface area (Å²) in [6.45, 7) is 1.78. The molecule has 0 spiro atoms. The van der Waals surface area contributed by atoms with Gasteiger partial charge in [-0.3, -0.25) is 16.0 Å². The van der Waals surface area contributed by atoms with Crippen molar-refractivity contribution in [3.8, 4) is 0 Å². The molecule has 1 aromatic carbocycles. The number of halogens is 4. The summed E-state index contributed by atoms with van der Waals surface area (Å²) in [5.74, 6) is 4.11. The number of aryl methyl sites for hydroxylation is 2. The number of rotatable bonds is 4. The zero-order chi connectivity index (χ0) is 15.7. The van der Waals surface area contributed by atoms with E-state index >= 15 is 0 Å². The summed E-state index contributed by atoms with van der Waals surface area (Å²) in [6, 6.07) is 1.64. The third-order valence-electron chi connectivity index (χ3n) is 3.27. The van der Waals surface area contributed by atoms with Crippen molar-refractivity contribution in [3.05, 3.63) is 50.2 Å². The summed E-state index contributed by atoms with van der Waals surface area (Å²) in [5.41, 5.74) is 3.71. The van der Waals surface area contributed by atoms with E-state index in [1.807, 2.05) is 0 Å². The molecule has 4 nitrogen and oxygen atoms in total. The average molecular weight is 380 g/mol. The van der Waals surface area contributed by atoms with Crippen LogP contribution < -0.4 is 11.3 Å². The zero-order valence-corrected chi connectivity index (χ0v) is 13.8. The lowest BCUT2D eigenvalue weighted by atomic mass is 9.99. The molecule has 21 heavy (non-hydrogen) atoms. The number of hydrogen-bond donors (Lipinski definition) is 2. The molecule has 0 aliphatic heterocycles. The van der Waals surface area contributed by atoms with Crippen LogP contribution in [0.15, 0.2) is 16.6 Å². The third-order valence-corrected chi connectivity index (χ3v) is 4.20. The fraction of sp³-hybridized carbons (Fsp3) is 0.308. The van der Waals surface area contributed by atoms with Crippen LogP contribution in [0.5, 0.6) is 0 Å². The summed E-state index contributed by atoms with van der Waals surface area (Å²) in [5, 5.41) is 4.59. The van der Waals surface area contributed by atoms with Gasteiger partial charge in [-0.25, -0.2) is 8.78 Å². The van der Waals surface area contributed by atoms with Crippen LogP contribution in [0, 0.1) is 18.6 Å². The summed E-state index contributed by atoms with van der Waals surface area (Å²) in [7, 11) is 1.70. The number of nitrogens with one attached hydrogen (secondary N) is 1. The molecule has 114 valence electrons. The van der Waals surface area contributed by atoms with Gasteiger partial charge >= 0.3 is 0 Å². The molecule has 1 heterocycles. The standard InChI is InChI=1S/C13H14BrClF2N4/c1-6-8(13(15)21(2)20-6)5-11(19-18)12-9(16)3-7(14)4-10(12)17/h3-4,11,19H,5,18H2,1-2H3. The highest BCUT2D eigenvalue weighted by Gasteiger charge is 2.23. The SMILES string of the molecule is Cc1nn(C)c(Cl)c1CC(NN)c1c(F)cc(Br)cc1F. The Morgan fingerprint density at radius 3 is 2.43 bits per heavy atom. The number of hydrogen-bond acceptors (Lipinski definition) is 3. The quantitative estimate of drug-likeness (QED) is 0.634. The van der Waals surface area contributed by atoms with Gasteiger partial charge in [-0.1, -0.05) is 27.5 Å². The fourth-order valence-electron chi connectivity index (χ4n) is 2.24. The van der Waals surface area contributed by atoms with Crippen LogP contribution in [0.1, 0.15) is 22.9 Å². The minimum atomic E-state index is -0.751. The maximum absolute atomic E-state index is 14.0. The van der Waals surface area contributed by atoms with Gasteiger partial charge in [0.05, 0.1) is 11.7 Å². The Labute approximate surface area is 134 Å². The number of nitrogens with two attached hydrogens (primary N) is 1. The minimum Gasteiger partial charge on any atom is -0.271 e. The number of hydrazine groups is 1. The van der Waals surface area contributed by atoms with Gasteiger partial charge in [0.15, 0.2) is 0 Å². The summed E-state index contributed by atoms with van der Waals surface area (Å²) in [6.07, 6.45) is 0.227. The van der Waals surface area contributed by atoms with Crippen molar-refractivity contribution < 1.29 is 8.78 Å². The van der Waals surface area contributed by atoms with E-state index in [9.17, 15) is 8.78 Å². The van der Waals surface area contributed by atoms with Crippen LogP contribution in [-0.2, 0) is 13.5 Å². The van der Waals surface area contributed by atoms with Crippen LogP contribution in [0.2, 0.25) is 5.15 Å². The van der Waals surface area contributed by atoms with E-state index in [1.165, 1.54) is 16.8 Å². The minimum absolute atomic E-state index is 0.125. The normalized spacial score (nSPS) is 12.7. The second-order valence-corrected chi connectivity index (χ2v) is 5.96. The van der Waals surface area contributed by atoms with Gasteiger partial charge in [0.1, 0.15) is 16.8 Å². The summed E-state index contributed by atoms with van der Waals surface area (Å²) >= 11 is 9.19. The predicted molar refractivity (Wildman–Crippen MR) is 80.8 cm³/mol. The average Bonchev–Trinajstić information content (AvgIpc) is 2.62. The van der Waals surface area contributed by atoms with Gasteiger partial charge in [-0.2, -0.15) is 5.10 Å². The number of benzene rings is 1. The first kappa shape index (κ1) is 16.4. The van der Waals surface area contributed by atoms with Crippen molar-refractivity contribution in [3.63, 3.8) is 0 Å². The Hall–Kier alpha value is -1.02. The highest BCUT2D eigenvalue weighted by Crippen LogP contribution is 2.29. The van der Waals surface area contributed by atoms with E-state index in [2.05, 4.69) is 26.5 Å². The maximum atomic E-state index is 14.0. The molecule has 0 aliphatic carbocycles. The highest BCUT2D eigenvalue weighted by molar-refractivity contribution is 9.10. The molecule has 0 amide bonds. The van der Waals surface area contributed by atoms with Gasteiger partial charge in [0.25, 0.3) is 0 Å². The summed E-state index contributed by atoms with van der Waals surface area (Å²) in [4.78, 5) is 0. The zero-order valence-electron chi connectivity index (χ0n) is 11.4. The molecular formula is C13H14BrClF2N4. The molecule has 2 rings (SSSR count). The van der Waals surface area contributed by atoms with Crippen molar-refractivity contribution in [2.24, 2.45) is 12.9 Å². The Balaban J connectivity index is 2.41. The van der Waals surface area contributed by atoms with E-state index in [1.54, 1.807) is 14.0 Å². The molecule has 0 saturated heterocycles. The van der Waals surface area contributed by atoms with Crippen LogP contribution >= 0.6 is 27.5 Å². The first-order valence-electron chi connectivity index (χ1n) is 6.13. The topological polar surface area (TPSA) is 55.9 Å². The molecular weight excluding hydrogens is 366 g/mol. The van der Waals surface area contributed by atoms with Gasteiger partial charge < -0.3 is 0 Å². The molecule has 1 atom stereocenters. The molecule has 0 saturated carbocycles. The molecule has 8 heteroatoms. The predicted octanol–water partition coefficient (Wildman–Crippen LogP) is 3.17. The van der Waals surface area contributed by atoms with Crippen LogP contribution in [0.25, 0.3) is 0 Å². The fourth-order valence-corrected chi connectivity index (χ4v) is 2.89.